The quantitative estimate of drug-likeness (QED) is 0.851. The number of aryl methyl sites for hydroxylation is 1. The molecular weight excluding hydrogens is 278 g/mol. The molecular formula is C8H8BrN5S. The molecule has 0 atom stereocenters. The van der Waals surface area contributed by atoms with Gasteiger partial charge in [-0.3, -0.25) is 0 Å². The van der Waals surface area contributed by atoms with E-state index >= 15 is 0 Å². The Labute approximate surface area is 99.3 Å². The fourth-order valence-electron chi connectivity index (χ4n) is 0.974. The van der Waals surface area contributed by atoms with Gasteiger partial charge >= 0.3 is 0 Å². The van der Waals surface area contributed by atoms with Crippen molar-refractivity contribution in [2.75, 3.05) is 5.73 Å². The Bertz CT molecular complexity index is 484. The van der Waals surface area contributed by atoms with E-state index in [1.807, 2.05) is 17.8 Å². The van der Waals surface area contributed by atoms with Crippen molar-refractivity contribution in [1.29, 1.82) is 0 Å². The molecule has 0 saturated carbocycles. The normalized spacial score (nSPS) is 10.5. The van der Waals surface area contributed by atoms with Crippen molar-refractivity contribution in [3.63, 3.8) is 0 Å². The summed E-state index contributed by atoms with van der Waals surface area (Å²) < 4.78 is 2.62. The van der Waals surface area contributed by atoms with Crippen LogP contribution in [-0.2, 0) is 7.05 Å². The second-order valence-corrected chi connectivity index (χ2v) is 4.55. The average Bonchev–Trinajstić information content (AvgIpc) is 2.60. The van der Waals surface area contributed by atoms with Crippen molar-refractivity contribution in [2.24, 2.45) is 7.05 Å². The predicted molar refractivity (Wildman–Crippen MR) is 61.5 cm³/mol. The van der Waals surface area contributed by atoms with E-state index in [-0.39, 0.29) is 0 Å². The summed E-state index contributed by atoms with van der Waals surface area (Å²) in [6.45, 7) is 0. The molecule has 15 heavy (non-hydrogen) atoms. The molecule has 0 spiro atoms. The molecule has 0 aliphatic rings. The molecule has 0 unspecified atom stereocenters. The van der Waals surface area contributed by atoms with Gasteiger partial charge in [-0.25, -0.2) is 15.0 Å². The highest BCUT2D eigenvalue weighted by atomic mass is 79.9. The molecule has 5 nitrogen and oxygen atoms in total. The van der Waals surface area contributed by atoms with Crippen LogP contribution < -0.4 is 5.73 Å². The maximum Gasteiger partial charge on any atom is 0.174 e. The monoisotopic (exact) mass is 285 g/mol. The second kappa shape index (κ2) is 4.19. The fraction of sp³-hybridized carbons (Fsp3) is 0.125. The molecule has 2 N–H and O–H groups in total. The Morgan fingerprint density at radius 3 is 2.87 bits per heavy atom. The molecule has 2 heterocycles. The number of hydrogen-bond donors (Lipinski definition) is 1. The van der Waals surface area contributed by atoms with Gasteiger partial charge in [0.25, 0.3) is 0 Å². The molecule has 0 radical (unpaired) electrons. The summed E-state index contributed by atoms with van der Waals surface area (Å²) in [7, 11) is 1.92. The highest BCUT2D eigenvalue weighted by Gasteiger charge is 2.10. The number of nitrogens with zero attached hydrogens (tertiary/aromatic N) is 4. The zero-order valence-electron chi connectivity index (χ0n) is 7.88. The number of anilines is 1. The van der Waals surface area contributed by atoms with Crippen molar-refractivity contribution in [1.82, 2.24) is 19.5 Å². The summed E-state index contributed by atoms with van der Waals surface area (Å²) in [6, 6.07) is 0. The van der Waals surface area contributed by atoms with E-state index in [0.29, 0.717) is 10.3 Å². The molecule has 0 amide bonds. The van der Waals surface area contributed by atoms with Crippen LogP contribution in [0.25, 0.3) is 0 Å². The van der Waals surface area contributed by atoms with Crippen LogP contribution in [0.15, 0.2) is 33.4 Å². The molecule has 0 saturated heterocycles. The smallest absolute Gasteiger partial charge is 0.174 e. The molecule has 0 bridgehead atoms. The van der Waals surface area contributed by atoms with Gasteiger partial charge in [0, 0.05) is 19.4 Å². The molecule has 0 fully saturated rings. The molecule has 0 aliphatic heterocycles. The lowest BCUT2D eigenvalue weighted by molar-refractivity contribution is 0.788. The first-order valence-electron chi connectivity index (χ1n) is 4.09. The SMILES string of the molecule is Cn1ccnc1Sc1ncnc(N)c1Br. The van der Waals surface area contributed by atoms with E-state index in [1.165, 1.54) is 18.1 Å². The topological polar surface area (TPSA) is 69.6 Å². The number of nitrogen functional groups attached to an aromatic ring is 1. The third-order valence-corrected chi connectivity index (χ3v) is 3.87. The minimum absolute atomic E-state index is 0.432. The van der Waals surface area contributed by atoms with Crippen LogP contribution in [0, 0.1) is 0 Å². The third-order valence-electron chi connectivity index (χ3n) is 1.75. The third kappa shape index (κ3) is 2.13. The first-order chi connectivity index (χ1) is 7.18. The van der Waals surface area contributed by atoms with Gasteiger partial charge in [-0.1, -0.05) is 0 Å². The molecule has 2 aromatic heterocycles. The molecule has 0 aliphatic carbocycles. The lowest BCUT2D eigenvalue weighted by Crippen LogP contribution is -1.96. The minimum atomic E-state index is 0.432. The lowest BCUT2D eigenvalue weighted by atomic mass is 10.6. The van der Waals surface area contributed by atoms with Crippen LogP contribution in [0.3, 0.4) is 0 Å². The summed E-state index contributed by atoms with van der Waals surface area (Å²) in [6.07, 6.45) is 5.05. The van der Waals surface area contributed by atoms with Gasteiger partial charge in [-0.15, -0.1) is 0 Å². The molecule has 0 aromatic carbocycles. The lowest BCUT2D eigenvalue weighted by Gasteiger charge is -2.03. The van der Waals surface area contributed by atoms with Crippen LogP contribution in [-0.4, -0.2) is 19.5 Å². The van der Waals surface area contributed by atoms with Crippen molar-refractivity contribution in [3.8, 4) is 0 Å². The number of rotatable bonds is 2. The maximum atomic E-state index is 5.65. The zero-order valence-corrected chi connectivity index (χ0v) is 10.3. The van der Waals surface area contributed by atoms with E-state index in [2.05, 4.69) is 30.9 Å². The van der Waals surface area contributed by atoms with Crippen LogP contribution in [0.4, 0.5) is 5.82 Å². The largest absolute Gasteiger partial charge is 0.383 e. The number of aromatic nitrogens is 4. The number of nitrogens with two attached hydrogens (primary N) is 1. The van der Waals surface area contributed by atoms with Crippen molar-refractivity contribution in [3.05, 3.63) is 23.2 Å². The van der Waals surface area contributed by atoms with E-state index in [9.17, 15) is 0 Å². The summed E-state index contributed by atoms with van der Waals surface area (Å²) in [5.41, 5.74) is 5.65. The van der Waals surface area contributed by atoms with Crippen molar-refractivity contribution < 1.29 is 0 Å². The van der Waals surface area contributed by atoms with Crippen LogP contribution in [0.5, 0.6) is 0 Å². The van der Waals surface area contributed by atoms with Gasteiger partial charge in [0.1, 0.15) is 17.2 Å². The predicted octanol–water partition coefficient (Wildman–Crippen LogP) is 1.71. The first-order valence-corrected chi connectivity index (χ1v) is 5.70. The van der Waals surface area contributed by atoms with Gasteiger partial charge in [0.2, 0.25) is 0 Å². The average molecular weight is 286 g/mol. The summed E-state index contributed by atoms with van der Waals surface area (Å²) >= 11 is 4.78. The standard InChI is InChI=1S/C8H8BrN5S/c1-14-3-2-11-8(14)15-7-5(9)6(10)12-4-13-7/h2-4H,1H3,(H2,10,12,13). The van der Waals surface area contributed by atoms with Gasteiger partial charge in [-0.2, -0.15) is 0 Å². The van der Waals surface area contributed by atoms with E-state index < -0.39 is 0 Å². The molecule has 78 valence electrons. The summed E-state index contributed by atoms with van der Waals surface area (Å²) in [4.78, 5) is 12.2. The Hall–Kier alpha value is -1.08. The highest BCUT2D eigenvalue weighted by molar-refractivity contribution is 9.10. The zero-order chi connectivity index (χ0) is 10.8. The van der Waals surface area contributed by atoms with E-state index in [1.54, 1.807) is 6.20 Å². The van der Waals surface area contributed by atoms with Crippen molar-refractivity contribution >= 4 is 33.5 Å². The van der Waals surface area contributed by atoms with Crippen LogP contribution >= 0.6 is 27.7 Å². The Balaban J connectivity index is 2.33. The Morgan fingerprint density at radius 1 is 1.40 bits per heavy atom. The molecule has 2 aromatic rings. The van der Waals surface area contributed by atoms with E-state index in [4.69, 9.17) is 5.73 Å². The summed E-state index contributed by atoms with van der Waals surface area (Å²) in [5, 5.41) is 1.62. The van der Waals surface area contributed by atoms with Crippen LogP contribution in [0.2, 0.25) is 0 Å². The fourth-order valence-corrected chi connectivity index (χ4v) is 2.21. The molecule has 2 rings (SSSR count). The Kier molecular flexibility index (Phi) is 2.92. The highest BCUT2D eigenvalue weighted by Crippen LogP contribution is 2.32. The molecule has 7 heteroatoms. The number of halogens is 1. The van der Waals surface area contributed by atoms with Gasteiger partial charge in [0.05, 0.1) is 4.47 Å². The Morgan fingerprint density at radius 2 is 2.20 bits per heavy atom. The number of hydrogen-bond acceptors (Lipinski definition) is 5. The maximum absolute atomic E-state index is 5.65. The van der Waals surface area contributed by atoms with Gasteiger partial charge < -0.3 is 10.3 Å². The van der Waals surface area contributed by atoms with Gasteiger partial charge in [-0.05, 0) is 27.7 Å². The number of imidazole rings is 1. The van der Waals surface area contributed by atoms with E-state index in [0.717, 1.165) is 10.2 Å². The van der Waals surface area contributed by atoms with Gasteiger partial charge in [0.15, 0.2) is 5.16 Å². The second-order valence-electron chi connectivity index (χ2n) is 2.80. The minimum Gasteiger partial charge on any atom is -0.383 e. The summed E-state index contributed by atoms with van der Waals surface area (Å²) in [5.74, 6) is 0.432. The van der Waals surface area contributed by atoms with Crippen LogP contribution in [0.1, 0.15) is 0 Å². The van der Waals surface area contributed by atoms with Crippen molar-refractivity contribution in [2.45, 2.75) is 10.2 Å². The first kappa shape index (κ1) is 10.4.